The van der Waals surface area contributed by atoms with Crippen molar-refractivity contribution in [1.82, 2.24) is 10.2 Å². The minimum Gasteiger partial charge on any atom is -0.314 e. The van der Waals surface area contributed by atoms with E-state index in [1.165, 1.54) is 0 Å². The summed E-state index contributed by atoms with van der Waals surface area (Å²) in [5, 5.41) is 5.07. The number of hydrogen-bond donors (Lipinski definition) is 1. The molecule has 0 aromatic heterocycles. The van der Waals surface area contributed by atoms with Gasteiger partial charge in [0.25, 0.3) is 0 Å². The quantitative estimate of drug-likeness (QED) is 0.662. The van der Waals surface area contributed by atoms with Crippen LogP contribution in [0.5, 0.6) is 0 Å². The third-order valence-corrected chi connectivity index (χ3v) is 4.40. The highest BCUT2D eigenvalue weighted by atomic mass is 35.5. The summed E-state index contributed by atoms with van der Waals surface area (Å²) in [5.41, 5.74) is 0.987. The molecule has 0 bridgehead atoms. The molecule has 19 heavy (non-hydrogen) atoms. The Morgan fingerprint density at radius 2 is 1.95 bits per heavy atom. The average Bonchev–Trinajstić information content (AvgIpc) is 2.41. The molecule has 1 aliphatic rings. The summed E-state index contributed by atoms with van der Waals surface area (Å²) in [5.74, 6) is 0. The molecule has 1 heterocycles. The predicted molar refractivity (Wildman–Crippen MR) is 83.5 cm³/mol. The van der Waals surface area contributed by atoms with Gasteiger partial charge in [0.15, 0.2) is 0 Å². The molecular weight excluding hydrogens is 303 g/mol. The van der Waals surface area contributed by atoms with Crippen molar-refractivity contribution in [3.63, 3.8) is 0 Å². The summed E-state index contributed by atoms with van der Waals surface area (Å²) in [7, 11) is 0. The Kier molecular flexibility index (Phi) is 5.55. The summed E-state index contributed by atoms with van der Waals surface area (Å²) in [6.07, 6.45) is 2.74. The maximum absolute atomic E-state index is 6.35. The first-order chi connectivity index (χ1) is 9.13. The van der Waals surface area contributed by atoms with Crippen LogP contribution in [0.25, 0.3) is 0 Å². The molecule has 5 heteroatoms. The molecule has 0 amide bonds. The highest BCUT2D eigenvalue weighted by Crippen LogP contribution is 2.37. The van der Waals surface area contributed by atoms with Crippen LogP contribution in [0.3, 0.4) is 0 Å². The van der Waals surface area contributed by atoms with E-state index in [1.54, 1.807) is 6.07 Å². The van der Waals surface area contributed by atoms with Gasteiger partial charge in [-0.1, -0.05) is 40.9 Å². The second kappa shape index (κ2) is 6.96. The molecule has 1 aliphatic heterocycles. The van der Waals surface area contributed by atoms with E-state index in [2.05, 4.69) is 16.8 Å². The van der Waals surface area contributed by atoms with Gasteiger partial charge in [-0.15, -0.1) is 6.58 Å². The minimum absolute atomic E-state index is 0.184. The van der Waals surface area contributed by atoms with Gasteiger partial charge < -0.3 is 5.32 Å². The summed E-state index contributed by atoms with van der Waals surface area (Å²) < 4.78 is 0. The molecule has 1 saturated heterocycles. The zero-order valence-electron chi connectivity index (χ0n) is 10.6. The molecule has 0 spiro atoms. The minimum atomic E-state index is 0.184. The molecule has 104 valence electrons. The number of hydrogen-bond acceptors (Lipinski definition) is 2. The van der Waals surface area contributed by atoms with Crippen molar-refractivity contribution in [2.75, 3.05) is 26.2 Å². The Morgan fingerprint density at radius 1 is 1.26 bits per heavy atom. The molecular formula is C14H17Cl3N2. The van der Waals surface area contributed by atoms with Crippen molar-refractivity contribution in [1.29, 1.82) is 0 Å². The standard InChI is InChI=1S/C14H17Cl3N2/c1-2-3-13(19-6-4-18-5-7-19)11-8-10(15)9-12(16)14(11)17/h2,8-9,13,18H,1,3-7H2/t13-/m0/s1. The molecule has 1 N–H and O–H groups in total. The SMILES string of the molecule is C=CC[C@@H](c1cc(Cl)cc(Cl)c1Cl)N1CCNCC1. The van der Waals surface area contributed by atoms with E-state index in [9.17, 15) is 0 Å². The van der Waals surface area contributed by atoms with Crippen molar-refractivity contribution in [3.05, 3.63) is 45.4 Å². The maximum Gasteiger partial charge on any atom is 0.0641 e. The zero-order chi connectivity index (χ0) is 13.8. The van der Waals surface area contributed by atoms with E-state index in [0.29, 0.717) is 15.1 Å². The van der Waals surface area contributed by atoms with Crippen LogP contribution < -0.4 is 5.32 Å². The molecule has 0 saturated carbocycles. The first-order valence-electron chi connectivity index (χ1n) is 6.33. The molecule has 1 atom stereocenters. The van der Waals surface area contributed by atoms with E-state index in [0.717, 1.165) is 38.2 Å². The first-order valence-corrected chi connectivity index (χ1v) is 7.47. The predicted octanol–water partition coefficient (Wildman–Crippen LogP) is 4.17. The van der Waals surface area contributed by atoms with E-state index < -0.39 is 0 Å². The normalized spacial score (nSPS) is 18.3. The van der Waals surface area contributed by atoms with E-state index in [-0.39, 0.29) is 6.04 Å². The van der Waals surface area contributed by atoms with Crippen molar-refractivity contribution in [2.45, 2.75) is 12.5 Å². The third-order valence-electron chi connectivity index (χ3n) is 3.36. The van der Waals surface area contributed by atoms with Gasteiger partial charge in [0.05, 0.1) is 10.0 Å². The van der Waals surface area contributed by atoms with Crippen LogP contribution in [-0.4, -0.2) is 31.1 Å². The van der Waals surface area contributed by atoms with Crippen LogP contribution in [-0.2, 0) is 0 Å². The lowest BCUT2D eigenvalue weighted by Crippen LogP contribution is -2.45. The Bertz CT molecular complexity index is 456. The largest absolute Gasteiger partial charge is 0.314 e. The van der Waals surface area contributed by atoms with Crippen molar-refractivity contribution < 1.29 is 0 Å². The zero-order valence-corrected chi connectivity index (χ0v) is 12.9. The fourth-order valence-corrected chi connectivity index (χ4v) is 3.19. The van der Waals surface area contributed by atoms with Crippen LogP contribution in [0.2, 0.25) is 15.1 Å². The number of nitrogens with one attached hydrogen (secondary N) is 1. The summed E-state index contributed by atoms with van der Waals surface area (Å²) in [6.45, 7) is 7.79. The Morgan fingerprint density at radius 3 is 2.58 bits per heavy atom. The lowest BCUT2D eigenvalue weighted by molar-refractivity contribution is 0.174. The van der Waals surface area contributed by atoms with E-state index in [4.69, 9.17) is 34.8 Å². The van der Waals surface area contributed by atoms with Crippen LogP contribution in [0, 0.1) is 0 Å². The Labute approximate surface area is 129 Å². The van der Waals surface area contributed by atoms with Gasteiger partial charge in [-0.3, -0.25) is 4.90 Å². The summed E-state index contributed by atoms with van der Waals surface area (Å²) >= 11 is 18.6. The van der Waals surface area contributed by atoms with Crippen LogP contribution in [0.4, 0.5) is 0 Å². The second-order valence-corrected chi connectivity index (χ2v) is 5.84. The van der Waals surface area contributed by atoms with Gasteiger partial charge >= 0.3 is 0 Å². The first kappa shape index (κ1) is 15.1. The smallest absolute Gasteiger partial charge is 0.0641 e. The van der Waals surface area contributed by atoms with Crippen molar-refractivity contribution >= 4 is 34.8 Å². The monoisotopic (exact) mass is 318 g/mol. The second-order valence-electron chi connectivity index (χ2n) is 4.62. The van der Waals surface area contributed by atoms with Crippen molar-refractivity contribution in [2.24, 2.45) is 0 Å². The topological polar surface area (TPSA) is 15.3 Å². The molecule has 1 fully saturated rings. The summed E-state index contributed by atoms with van der Waals surface area (Å²) in [4.78, 5) is 2.39. The summed E-state index contributed by atoms with van der Waals surface area (Å²) in [6, 6.07) is 3.77. The fourth-order valence-electron chi connectivity index (χ4n) is 2.44. The Hall–Kier alpha value is -0.250. The van der Waals surface area contributed by atoms with Crippen LogP contribution in [0.15, 0.2) is 24.8 Å². The van der Waals surface area contributed by atoms with Gasteiger partial charge in [-0.2, -0.15) is 0 Å². The fraction of sp³-hybridized carbons (Fsp3) is 0.429. The van der Waals surface area contributed by atoms with Gasteiger partial charge in [0, 0.05) is 37.2 Å². The highest BCUT2D eigenvalue weighted by molar-refractivity contribution is 6.43. The molecule has 2 nitrogen and oxygen atoms in total. The number of nitrogens with zero attached hydrogens (tertiary/aromatic N) is 1. The van der Waals surface area contributed by atoms with Gasteiger partial charge in [-0.25, -0.2) is 0 Å². The van der Waals surface area contributed by atoms with Crippen LogP contribution in [0.1, 0.15) is 18.0 Å². The van der Waals surface area contributed by atoms with Crippen LogP contribution >= 0.6 is 34.8 Å². The average molecular weight is 320 g/mol. The van der Waals surface area contributed by atoms with E-state index >= 15 is 0 Å². The van der Waals surface area contributed by atoms with Gasteiger partial charge in [-0.05, 0) is 24.1 Å². The van der Waals surface area contributed by atoms with Gasteiger partial charge in [0.1, 0.15) is 0 Å². The number of piperazine rings is 1. The maximum atomic E-state index is 6.35. The molecule has 0 unspecified atom stereocenters. The number of benzene rings is 1. The lowest BCUT2D eigenvalue weighted by atomic mass is 10.0. The molecule has 0 aliphatic carbocycles. The molecule has 2 rings (SSSR count). The lowest BCUT2D eigenvalue weighted by Gasteiger charge is -2.35. The third kappa shape index (κ3) is 3.65. The van der Waals surface area contributed by atoms with E-state index in [1.807, 2.05) is 12.1 Å². The number of rotatable bonds is 4. The van der Waals surface area contributed by atoms with Crippen molar-refractivity contribution in [3.8, 4) is 0 Å². The van der Waals surface area contributed by atoms with Gasteiger partial charge in [0.2, 0.25) is 0 Å². The highest BCUT2D eigenvalue weighted by Gasteiger charge is 2.24. The number of halogens is 3. The Balaban J connectivity index is 2.34. The molecule has 0 radical (unpaired) electrons. The molecule has 1 aromatic carbocycles. The molecule has 1 aromatic rings.